The fraction of sp³-hybridized carbons (Fsp3) is 0.727. The summed E-state index contributed by atoms with van der Waals surface area (Å²) in [5.41, 5.74) is 1.07. The molecule has 1 unspecified atom stereocenters. The zero-order chi connectivity index (χ0) is 12.0. The van der Waals surface area contributed by atoms with Crippen molar-refractivity contribution in [3.8, 4) is 0 Å². The maximum absolute atomic E-state index is 11.9. The zero-order valence-corrected chi connectivity index (χ0v) is 9.09. The second-order valence-corrected chi connectivity index (χ2v) is 3.99. The quantitative estimate of drug-likeness (QED) is 0.709. The molecule has 3 nitrogen and oxygen atoms in total. The average molecular weight is 233 g/mol. The Hall–Kier alpha value is -0.970. The molecule has 1 amide bonds. The summed E-state index contributed by atoms with van der Waals surface area (Å²) in [4.78, 5) is 11.3. The molecule has 16 heavy (non-hydrogen) atoms. The third-order valence-corrected chi connectivity index (χ3v) is 2.57. The number of aliphatic hydroxyl groups excluding tert-OH is 1. The van der Waals surface area contributed by atoms with Gasteiger partial charge in [-0.3, -0.25) is 4.79 Å². The van der Waals surface area contributed by atoms with Crippen LogP contribution in [0.1, 0.15) is 32.1 Å². The molecule has 1 rings (SSSR count). The summed E-state index contributed by atoms with van der Waals surface area (Å²) in [6.07, 6.45) is 1.84. The van der Waals surface area contributed by atoms with Gasteiger partial charge in [-0.05, 0) is 25.7 Å². The number of halogens is 2. The van der Waals surface area contributed by atoms with Gasteiger partial charge >= 0.3 is 0 Å². The van der Waals surface area contributed by atoms with E-state index in [1.807, 2.05) is 6.08 Å². The number of hydrogen-bond acceptors (Lipinski definition) is 2. The molecule has 0 saturated heterocycles. The van der Waals surface area contributed by atoms with Crippen molar-refractivity contribution in [2.75, 3.05) is 6.54 Å². The Morgan fingerprint density at radius 3 is 2.81 bits per heavy atom. The van der Waals surface area contributed by atoms with Crippen LogP contribution in [0.2, 0.25) is 0 Å². The minimum Gasteiger partial charge on any atom is -0.385 e. The van der Waals surface area contributed by atoms with E-state index in [4.69, 9.17) is 5.11 Å². The Labute approximate surface area is 93.5 Å². The van der Waals surface area contributed by atoms with Gasteiger partial charge in [0.2, 0.25) is 5.91 Å². The second-order valence-electron chi connectivity index (χ2n) is 3.99. The summed E-state index contributed by atoms with van der Waals surface area (Å²) < 4.78 is 23.8. The van der Waals surface area contributed by atoms with E-state index < -0.39 is 12.5 Å². The monoisotopic (exact) mass is 233 g/mol. The van der Waals surface area contributed by atoms with Gasteiger partial charge < -0.3 is 10.4 Å². The van der Waals surface area contributed by atoms with E-state index in [0.717, 1.165) is 31.3 Å². The number of allylic oxidation sites excluding steroid dienone is 1. The Balaban J connectivity index is 2.22. The minimum absolute atomic E-state index is 0.260. The van der Waals surface area contributed by atoms with E-state index in [9.17, 15) is 13.6 Å². The van der Waals surface area contributed by atoms with E-state index in [1.54, 1.807) is 0 Å². The molecule has 0 bridgehead atoms. The summed E-state index contributed by atoms with van der Waals surface area (Å²) in [7, 11) is 0. The smallest absolute Gasteiger partial charge is 0.265 e. The molecule has 1 atom stereocenters. The second kappa shape index (κ2) is 6.58. The highest BCUT2D eigenvalue weighted by molar-refractivity contribution is 5.78. The van der Waals surface area contributed by atoms with Crippen LogP contribution in [-0.4, -0.2) is 30.1 Å². The molecule has 0 aliphatic heterocycles. The number of alkyl halides is 2. The third kappa shape index (κ3) is 4.70. The van der Waals surface area contributed by atoms with Gasteiger partial charge in [0, 0.05) is 13.0 Å². The van der Waals surface area contributed by atoms with Crippen molar-refractivity contribution in [2.45, 2.75) is 44.6 Å². The van der Waals surface area contributed by atoms with Crippen LogP contribution in [0.25, 0.3) is 0 Å². The van der Waals surface area contributed by atoms with Crippen LogP contribution in [0.5, 0.6) is 0 Å². The number of carbonyl (C=O) groups is 1. The number of carbonyl (C=O) groups excluding carboxylic acids is 1. The van der Waals surface area contributed by atoms with Crippen molar-refractivity contribution in [3.63, 3.8) is 0 Å². The number of amides is 1. The van der Waals surface area contributed by atoms with E-state index in [2.05, 4.69) is 5.32 Å². The first-order valence-electron chi connectivity index (χ1n) is 5.50. The lowest BCUT2D eigenvalue weighted by atomic mass is 9.97. The Morgan fingerprint density at radius 1 is 1.50 bits per heavy atom. The minimum atomic E-state index is -2.81. The van der Waals surface area contributed by atoms with Crippen LogP contribution in [0.4, 0.5) is 8.78 Å². The summed E-state index contributed by atoms with van der Waals surface area (Å²) in [5, 5.41) is 11.1. The van der Waals surface area contributed by atoms with Crippen molar-refractivity contribution < 1.29 is 18.7 Å². The van der Waals surface area contributed by atoms with Crippen molar-refractivity contribution in [3.05, 3.63) is 11.6 Å². The molecule has 0 saturated carbocycles. The van der Waals surface area contributed by atoms with Gasteiger partial charge in [-0.25, -0.2) is 8.78 Å². The summed E-state index contributed by atoms with van der Waals surface area (Å²) >= 11 is 0. The third-order valence-electron chi connectivity index (χ3n) is 2.57. The highest BCUT2D eigenvalue weighted by Crippen LogP contribution is 2.19. The Bertz CT molecular complexity index is 267. The van der Waals surface area contributed by atoms with Gasteiger partial charge in [0.25, 0.3) is 6.43 Å². The number of nitrogens with one attached hydrogen (secondary N) is 1. The molecular formula is C11H17F2NO2. The average Bonchev–Trinajstić information content (AvgIpc) is 2.27. The van der Waals surface area contributed by atoms with Crippen molar-refractivity contribution >= 4 is 5.91 Å². The molecular weight excluding hydrogens is 216 g/mol. The van der Waals surface area contributed by atoms with E-state index in [0.29, 0.717) is 0 Å². The van der Waals surface area contributed by atoms with Crippen LogP contribution in [0, 0.1) is 0 Å². The molecule has 0 fully saturated rings. The predicted molar refractivity (Wildman–Crippen MR) is 56.2 cm³/mol. The van der Waals surface area contributed by atoms with Crippen molar-refractivity contribution in [1.29, 1.82) is 0 Å². The Morgan fingerprint density at radius 2 is 2.25 bits per heavy atom. The van der Waals surface area contributed by atoms with Crippen LogP contribution < -0.4 is 5.32 Å². The summed E-state index contributed by atoms with van der Waals surface area (Å²) in [6.45, 7) is -0.385. The molecule has 0 radical (unpaired) electrons. The first-order valence-corrected chi connectivity index (χ1v) is 5.50. The zero-order valence-electron chi connectivity index (χ0n) is 9.09. The molecule has 0 aromatic carbocycles. The Kier molecular flexibility index (Phi) is 5.38. The fourth-order valence-corrected chi connectivity index (χ4v) is 1.64. The van der Waals surface area contributed by atoms with Gasteiger partial charge in [-0.1, -0.05) is 11.6 Å². The normalized spacial score (nSPS) is 18.1. The molecule has 1 aliphatic carbocycles. The summed E-state index contributed by atoms with van der Waals surface area (Å²) in [6, 6.07) is 0. The van der Waals surface area contributed by atoms with Crippen LogP contribution in [0.15, 0.2) is 11.6 Å². The lowest BCUT2D eigenvalue weighted by Crippen LogP contribution is -2.35. The molecule has 0 aromatic rings. The fourth-order valence-electron chi connectivity index (χ4n) is 1.64. The lowest BCUT2D eigenvalue weighted by molar-refractivity contribution is -0.121. The number of hydrogen-bond donors (Lipinski definition) is 2. The van der Waals surface area contributed by atoms with Gasteiger partial charge in [0.15, 0.2) is 0 Å². The standard InChI is InChI=1S/C11H17F2NO2/c12-11(13)9(15)7-14-10(16)6-8-4-2-1-3-5-8/h4,9,11,15H,1-3,5-7H2,(H,14,16). The van der Waals surface area contributed by atoms with Crippen LogP contribution in [-0.2, 0) is 4.79 Å². The molecule has 1 aliphatic rings. The molecule has 0 aromatic heterocycles. The lowest BCUT2D eigenvalue weighted by Gasteiger charge is -2.14. The molecule has 0 heterocycles. The van der Waals surface area contributed by atoms with E-state index >= 15 is 0 Å². The topological polar surface area (TPSA) is 49.3 Å². The number of rotatable bonds is 5. The van der Waals surface area contributed by atoms with Crippen molar-refractivity contribution in [2.24, 2.45) is 0 Å². The van der Waals surface area contributed by atoms with Crippen LogP contribution >= 0.6 is 0 Å². The van der Waals surface area contributed by atoms with Crippen molar-refractivity contribution in [1.82, 2.24) is 5.32 Å². The highest BCUT2D eigenvalue weighted by Gasteiger charge is 2.17. The molecule has 92 valence electrons. The van der Waals surface area contributed by atoms with Gasteiger partial charge in [-0.15, -0.1) is 0 Å². The number of aliphatic hydroxyl groups is 1. The van der Waals surface area contributed by atoms with Gasteiger partial charge in [0.1, 0.15) is 6.10 Å². The molecule has 5 heteroatoms. The maximum Gasteiger partial charge on any atom is 0.265 e. The molecule has 2 N–H and O–H groups in total. The SMILES string of the molecule is O=C(CC1=CCCCC1)NCC(O)C(F)F. The highest BCUT2D eigenvalue weighted by atomic mass is 19.3. The maximum atomic E-state index is 11.9. The van der Waals surface area contributed by atoms with Crippen LogP contribution in [0.3, 0.4) is 0 Å². The molecule has 0 spiro atoms. The predicted octanol–water partition coefficient (Wildman–Crippen LogP) is 1.62. The summed E-state index contributed by atoms with van der Waals surface area (Å²) in [5.74, 6) is -0.298. The van der Waals surface area contributed by atoms with E-state index in [1.165, 1.54) is 0 Å². The largest absolute Gasteiger partial charge is 0.385 e. The first kappa shape index (κ1) is 13.1. The van der Waals surface area contributed by atoms with Gasteiger partial charge in [0.05, 0.1) is 0 Å². The van der Waals surface area contributed by atoms with E-state index in [-0.39, 0.29) is 18.9 Å². The van der Waals surface area contributed by atoms with Gasteiger partial charge in [-0.2, -0.15) is 0 Å². The first-order chi connectivity index (χ1) is 7.59.